The van der Waals surface area contributed by atoms with E-state index < -0.39 is 0 Å². The van der Waals surface area contributed by atoms with E-state index in [1.807, 2.05) is 0 Å². The number of fused-ring (bicyclic) bond motifs is 2. The van der Waals surface area contributed by atoms with Gasteiger partial charge >= 0.3 is 18.9 Å². The van der Waals surface area contributed by atoms with Crippen LogP contribution in [0, 0.1) is 19.8 Å². The molecule has 0 bridgehead atoms. The van der Waals surface area contributed by atoms with Gasteiger partial charge in [-0.25, -0.2) is 0 Å². The summed E-state index contributed by atoms with van der Waals surface area (Å²) in [6.45, 7) is 13.4. The molecule has 192 valence electrons. The van der Waals surface area contributed by atoms with Crippen molar-refractivity contribution in [2.45, 2.75) is 53.9 Å². The van der Waals surface area contributed by atoms with Gasteiger partial charge in [0.05, 0.1) is 0 Å². The van der Waals surface area contributed by atoms with Gasteiger partial charge in [0.25, 0.3) is 0 Å². The molecule has 1 aliphatic rings. The molecule has 0 aromatic heterocycles. The minimum atomic E-state index is 0. The summed E-state index contributed by atoms with van der Waals surface area (Å²) < 4.78 is 0. The molecule has 0 N–H and O–H groups in total. The Morgan fingerprint density at radius 1 is 0.615 bits per heavy atom. The maximum absolute atomic E-state index is 2.40. The van der Waals surface area contributed by atoms with Crippen LogP contribution < -0.4 is 18.9 Å². The first-order valence-corrected chi connectivity index (χ1v) is 14.0. The van der Waals surface area contributed by atoms with Crippen molar-refractivity contribution in [2.24, 2.45) is 5.92 Å². The summed E-state index contributed by atoms with van der Waals surface area (Å²) >= 11 is 0. The molecule has 1 aliphatic carbocycles. The predicted octanol–water partition coefficient (Wildman–Crippen LogP) is 7.92. The summed E-state index contributed by atoms with van der Waals surface area (Å²) in [5.41, 5.74) is 14.0. The fraction of sp³-hybridized carbons (Fsp3) is 0.237. The van der Waals surface area contributed by atoms with E-state index in [0.29, 0.717) is 11.8 Å². The molecule has 0 nitrogen and oxygen atoms in total. The molecule has 6 rings (SSSR count). The van der Waals surface area contributed by atoms with Crippen LogP contribution in [0.15, 0.2) is 103 Å². The van der Waals surface area contributed by atoms with Gasteiger partial charge in [0.15, 0.2) is 0 Å². The average Bonchev–Trinajstić information content (AvgIpc) is 3.55. The number of rotatable bonds is 4. The topological polar surface area (TPSA) is 0 Å². The van der Waals surface area contributed by atoms with Crippen LogP contribution in [0.1, 0.15) is 61.4 Å². The zero-order valence-corrected chi connectivity index (χ0v) is 24.7. The van der Waals surface area contributed by atoms with Crippen LogP contribution in [0.2, 0.25) is 0 Å². The molecule has 5 aromatic carbocycles. The van der Waals surface area contributed by atoms with Crippen LogP contribution in [0.4, 0.5) is 0 Å². The summed E-state index contributed by atoms with van der Waals surface area (Å²) in [6.07, 6.45) is 3.52. The zero-order chi connectivity index (χ0) is 26.8. The largest absolute Gasteiger partial charge is 1.00 e. The molecule has 0 spiro atoms. The van der Waals surface area contributed by atoms with Gasteiger partial charge in [0, 0.05) is 0 Å². The van der Waals surface area contributed by atoms with Crippen LogP contribution >= 0.6 is 0 Å². The molecule has 1 heteroatoms. The van der Waals surface area contributed by atoms with Crippen LogP contribution in [-0.4, -0.2) is 0 Å². The van der Waals surface area contributed by atoms with Crippen molar-refractivity contribution in [1.82, 2.24) is 0 Å². The van der Waals surface area contributed by atoms with Crippen molar-refractivity contribution in [3.05, 3.63) is 130 Å². The second kappa shape index (κ2) is 12.3. The third-order valence-corrected chi connectivity index (χ3v) is 7.97. The molecule has 0 fully saturated rings. The van der Waals surface area contributed by atoms with Gasteiger partial charge in [-0.3, -0.25) is 0 Å². The third-order valence-electron chi connectivity index (χ3n) is 7.97. The molecule has 0 heterocycles. The van der Waals surface area contributed by atoms with E-state index in [-0.39, 0.29) is 18.9 Å². The molecule has 0 unspecified atom stereocenters. The van der Waals surface area contributed by atoms with Crippen molar-refractivity contribution in [3.63, 3.8) is 0 Å². The van der Waals surface area contributed by atoms with E-state index in [0.717, 1.165) is 6.42 Å². The van der Waals surface area contributed by atoms with Gasteiger partial charge in [-0.2, -0.15) is 6.07 Å². The first-order valence-electron chi connectivity index (χ1n) is 14.0. The third kappa shape index (κ3) is 6.04. The quantitative estimate of drug-likeness (QED) is 0.173. The van der Waals surface area contributed by atoms with Crippen LogP contribution in [0.3, 0.4) is 0 Å². The molecule has 0 aliphatic heterocycles. The molecular formula is C38H39Li. The molecule has 0 saturated heterocycles. The van der Waals surface area contributed by atoms with E-state index in [9.17, 15) is 0 Å². The molecule has 0 atom stereocenters. The van der Waals surface area contributed by atoms with Crippen molar-refractivity contribution in [3.8, 4) is 22.3 Å². The second-order valence-corrected chi connectivity index (χ2v) is 11.3. The van der Waals surface area contributed by atoms with Gasteiger partial charge in [-0.15, -0.1) is 34.5 Å². The van der Waals surface area contributed by atoms with Crippen LogP contribution in [0.5, 0.6) is 0 Å². The summed E-state index contributed by atoms with van der Waals surface area (Å²) in [5, 5.41) is 2.73. The number of hydrogen-bond donors (Lipinski definition) is 0. The normalized spacial score (nSPS) is 12.2. The SMILES string of the molecule is Cc1ccccc1-c1cccc2[cH-]c(C(C)C)cc12.Cc1ccccc1-c1cccc2c1C=C(C(C)C)C2.[Li+]. The van der Waals surface area contributed by atoms with E-state index in [1.165, 1.54) is 60.8 Å². The van der Waals surface area contributed by atoms with Crippen molar-refractivity contribution >= 4 is 16.8 Å². The number of benzene rings is 4. The summed E-state index contributed by atoms with van der Waals surface area (Å²) in [6, 6.07) is 35.3. The Balaban J connectivity index is 0.000000176. The molecule has 0 saturated carbocycles. The van der Waals surface area contributed by atoms with Gasteiger partial charge in [-0.1, -0.05) is 118 Å². The predicted molar refractivity (Wildman–Crippen MR) is 167 cm³/mol. The van der Waals surface area contributed by atoms with Gasteiger partial charge in [0.2, 0.25) is 0 Å². The fourth-order valence-corrected chi connectivity index (χ4v) is 5.58. The molecule has 39 heavy (non-hydrogen) atoms. The minimum Gasteiger partial charge on any atom is -0.164 e. The Labute approximate surface area is 247 Å². The van der Waals surface area contributed by atoms with Crippen LogP contribution in [-0.2, 0) is 6.42 Å². The van der Waals surface area contributed by atoms with E-state index in [2.05, 4.69) is 145 Å². The monoisotopic (exact) mass is 502 g/mol. The second-order valence-electron chi connectivity index (χ2n) is 11.3. The van der Waals surface area contributed by atoms with Gasteiger partial charge in [0.1, 0.15) is 0 Å². The zero-order valence-electron chi connectivity index (χ0n) is 24.7. The smallest absolute Gasteiger partial charge is 0.164 e. The minimum absolute atomic E-state index is 0. The van der Waals surface area contributed by atoms with Crippen molar-refractivity contribution in [1.29, 1.82) is 0 Å². The Morgan fingerprint density at radius 2 is 1.18 bits per heavy atom. The van der Waals surface area contributed by atoms with Gasteiger partial charge in [-0.05, 0) is 71.0 Å². The number of hydrogen-bond acceptors (Lipinski definition) is 0. The summed E-state index contributed by atoms with van der Waals surface area (Å²) in [5.74, 6) is 1.22. The maximum Gasteiger partial charge on any atom is 1.00 e. The molecular weight excluding hydrogens is 463 g/mol. The van der Waals surface area contributed by atoms with Crippen molar-refractivity contribution in [2.75, 3.05) is 0 Å². The summed E-state index contributed by atoms with van der Waals surface area (Å²) in [7, 11) is 0. The average molecular weight is 503 g/mol. The van der Waals surface area contributed by atoms with Crippen molar-refractivity contribution < 1.29 is 18.9 Å². The molecule has 0 radical (unpaired) electrons. The Morgan fingerprint density at radius 3 is 1.79 bits per heavy atom. The Kier molecular flexibility index (Phi) is 9.12. The molecule has 5 aromatic rings. The summed E-state index contributed by atoms with van der Waals surface area (Å²) in [4.78, 5) is 0. The van der Waals surface area contributed by atoms with Crippen LogP contribution in [0.25, 0.3) is 39.1 Å². The van der Waals surface area contributed by atoms with Gasteiger partial charge < -0.3 is 0 Å². The molecule has 0 amide bonds. The standard InChI is InChI=1S/C19H20.C19H19.Li/c2*1-13(2)16-11-15-8-6-10-18(19(15)12-16)17-9-5-4-7-14(17)3;/h4-10,12-13H,11H2,1-3H3;4-13H,1-3H3;/q;-1;+1. The first kappa shape index (κ1) is 28.8. The van der Waals surface area contributed by atoms with E-state index in [4.69, 9.17) is 0 Å². The Hall–Kier alpha value is -3.17. The van der Waals surface area contributed by atoms with E-state index in [1.54, 1.807) is 5.57 Å². The van der Waals surface area contributed by atoms with E-state index >= 15 is 0 Å². The maximum atomic E-state index is 2.40. The number of aryl methyl sites for hydroxylation is 2. The fourth-order valence-electron chi connectivity index (χ4n) is 5.58. The number of allylic oxidation sites excluding steroid dienone is 1. The first-order chi connectivity index (χ1) is 18.3. The Bertz CT molecular complexity index is 1610.